The van der Waals surface area contributed by atoms with Crippen LogP contribution in [0.1, 0.15) is 13.8 Å². The molecule has 18 heavy (non-hydrogen) atoms. The summed E-state index contributed by atoms with van der Waals surface area (Å²) in [7, 11) is 0. The van der Waals surface area contributed by atoms with Gasteiger partial charge in [-0.15, -0.1) is 0 Å². The fraction of sp³-hybridized carbons (Fsp3) is 0.308. The lowest BCUT2D eigenvalue weighted by molar-refractivity contribution is -0.130. The molecule has 5 heteroatoms. The zero-order valence-electron chi connectivity index (χ0n) is 10.4. The van der Waals surface area contributed by atoms with Crippen LogP contribution < -0.4 is 11.3 Å². The molecule has 1 aromatic heterocycles. The average molecular weight is 310 g/mol. The zero-order chi connectivity index (χ0) is 13.3. The Morgan fingerprint density at radius 3 is 2.83 bits per heavy atom. The number of hydrogen-bond acceptors (Lipinski definition) is 2. The van der Waals surface area contributed by atoms with Gasteiger partial charge in [-0.05, 0) is 37.4 Å². The molecule has 0 spiro atoms. The lowest BCUT2D eigenvalue weighted by Gasteiger charge is -2.23. The molecule has 2 rings (SSSR count). The first kappa shape index (κ1) is 13.1. The first-order valence-corrected chi connectivity index (χ1v) is 6.49. The lowest BCUT2D eigenvalue weighted by Crippen LogP contribution is -2.43. The largest absolute Gasteiger partial charge is 0.346 e. The van der Waals surface area contributed by atoms with Crippen LogP contribution in [-0.2, 0) is 11.3 Å². The predicted octanol–water partition coefficient (Wildman–Crippen LogP) is 2.42. The van der Waals surface area contributed by atoms with Gasteiger partial charge in [-0.3, -0.25) is 10.2 Å². The Morgan fingerprint density at radius 1 is 1.44 bits per heavy atom. The topological polar surface area (TPSA) is 60.0 Å². The third-order valence-corrected chi connectivity index (χ3v) is 3.54. The number of amides is 1. The molecule has 0 atom stereocenters. The summed E-state index contributed by atoms with van der Waals surface area (Å²) in [6.45, 7) is 4.33. The molecule has 0 saturated carbocycles. The quantitative estimate of drug-likeness (QED) is 0.519. The molecule has 1 amide bonds. The van der Waals surface area contributed by atoms with Crippen LogP contribution in [0, 0.1) is 5.41 Å². The Balaban J connectivity index is 2.37. The van der Waals surface area contributed by atoms with Crippen molar-refractivity contribution in [2.75, 3.05) is 0 Å². The van der Waals surface area contributed by atoms with E-state index in [-0.39, 0.29) is 5.91 Å². The van der Waals surface area contributed by atoms with E-state index in [1.54, 1.807) is 0 Å². The van der Waals surface area contributed by atoms with Crippen LogP contribution in [0.2, 0.25) is 0 Å². The minimum absolute atomic E-state index is 0.167. The van der Waals surface area contributed by atoms with Gasteiger partial charge in [0.15, 0.2) is 0 Å². The number of nitrogens with two attached hydrogens (primary N) is 1. The minimum Gasteiger partial charge on any atom is -0.346 e. The fourth-order valence-electron chi connectivity index (χ4n) is 1.99. The van der Waals surface area contributed by atoms with Crippen LogP contribution in [0.15, 0.2) is 34.9 Å². The van der Waals surface area contributed by atoms with Crippen molar-refractivity contribution in [3.63, 3.8) is 0 Å². The highest BCUT2D eigenvalue weighted by Crippen LogP contribution is 2.25. The van der Waals surface area contributed by atoms with Gasteiger partial charge in [0.05, 0.1) is 5.41 Å². The second kappa shape index (κ2) is 4.74. The highest BCUT2D eigenvalue weighted by molar-refractivity contribution is 9.10. The summed E-state index contributed by atoms with van der Waals surface area (Å²) >= 11 is 3.46. The highest BCUT2D eigenvalue weighted by atomic mass is 79.9. The molecule has 0 bridgehead atoms. The zero-order valence-corrected chi connectivity index (χ0v) is 12.0. The van der Waals surface area contributed by atoms with Crippen molar-refractivity contribution in [3.8, 4) is 0 Å². The Hall–Kier alpha value is -1.33. The van der Waals surface area contributed by atoms with E-state index >= 15 is 0 Å². The van der Waals surface area contributed by atoms with E-state index in [1.165, 1.54) is 0 Å². The summed E-state index contributed by atoms with van der Waals surface area (Å²) in [5.74, 6) is 5.04. The van der Waals surface area contributed by atoms with Gasteiger partial charge in [-0.1, -0.05) is 22.0 Å². The maximum absolute atomic E-state index is 11.7. The van der Waals surface area contributed by atoms with E-state index in [0.29, 0.717) is 6.54 Å². The number of hydrogen-bond donors (Lipinski definition) is 2. The summed E-state index contributed by atoms with van der Waals surface area (Å²) < 4.78 is 3.09. The van der Waals surface area contributed by atoms with Crippen molar-refractivity contribution < 1.29 is 4.79 Å². The molecular weight excluding hydrogens is 294 g/mol. The summed E-state index contributed by atoms with van der Waals surface area (Å²) in [4.78, 5) is 11.7. The van der Waals surface area contributed by atoms with Gasteiger partial charge in [0.25, 0.3) is 0 Å². The van der Waals surface area contributed by atoms with E-state index < -0.39 is 5.41 Å². The molecule has 0 aliphatic carbocycles. The van der Waals surface area contributed by atoms with Crippen LogP contribution in [-0.4, -0.2) is 10.5 Å². The first-order valence-electron chi connectivity index (χ1n) is 5.69. The van der Waals surface area contributed by atoms with E-state index in [4.69, 9.17) is 5.84 Å². The third kappa shape index (κ3) is 2.42. The van der Waals surface area contributed by atoms with E-state index in [0.717, 1.165) is 15.4 Å². The van der Waals surface area contributed by atoms with Crippen LogP contribution in [0.5, 0.6) is 0 Å². The van der Waals surface area contributed by atoms with Crippen LogP contribution in [0.25, 0.3) is 10.9 Å². The summed E-state index contributed by atoms with van der Waals surface area (Å²) in [5.41, 5.74) is 2.76. The van der Waals surface area contributed by atoms with Crippen molar-refractivity contribution in [2.45, 2.75) is 20.4 Å². The second-order valence-corrected chi connectivity index (χ2v) is 5.92. The second-order valence-electron chi connectivity index (χ2n) is 5.00. The van der Waals surface area contributed by atoms with Gasteiger partial charge < -0.3 is 4.57 Å². The van der Waals surface area contributed by atoms with Crippen LogP contribution in [0.3, 0.4) is 0 Å². The van der Waals surface area contributed by atoms with Crippen molar-refractivity contribution in [3.05, 3.63) is 34.9 Å². The molecule has 0 aliphatic rings. The molecule has 1 heterocycles. The SMILES string of the molecule is CC(C)(Cn1ccc2ccc(Br)cc21)C(=O)NN. The Kier molecular flexibility index (Phi) is 3.45. The smallest absolute Gasteiger partial charge is 0.241 e. The average Bonchev–Trinajstić information content (AvgIpc) is 2.70. The number of aromatic nitrogens is 1. The number of nitrogens with one attached hydrogen (secondary N) is 1. The number of nitrogens with zero attached hydrogens (tertiary/aromatic N) is 1. The third-order valence-electron chi connectivity index (χ3n) is 3.05. The first-order chi connectivity index (χ1) is 8.44. The van der Waals surface area contributed by atoms with Gasteiger partial charge in [0, 0.05) is 22.7 Å². The lowest BCUT2D eigenvalue weighted by atomic mass is 9.92. The minimum atomic E-state index is -0.553. The number of carbonyl (C=O) groups excluding carboxylic acids is 1. The van der Waals surface area contributed by atoms with Crippen molar-refractivity contribution in [2.24, 2.45) is 11.3 Å². The van der Waals surface area contributed by atoms with E-state index in [1.807, 2.05) is 44.3 Å². The van der Waals surface area contributed by atoms with E-state index in [2.05, 4.69) is 25.9 Å². The van der Waals surface area contributed by atoms with Gasteiger partial charge in [0.2, 0.25) is 5.91 Å². The van der Waals surface area contributed by atoms with Gasteiger partial charge in [-0.25, -0.2) is 5.84 Å². The molecule has 0 saturated heterocycles. The summed E-state index contributed by atoms with van der Waals surface area (Å²) in [6.07, 6.45) is 1.99. The Bertz CT molecular complexity index is 589. The Labute approximate surface area is 114 Å². The molecule has 0 unspecified atom stereocenters. The molecule has 0 radical (unpaired) electrons. The monoisotopic (exact) mass is 309 g/mol. The standard InChI is InChI=1S/C13H16BrN3O/c1-13(2,12(18)16-15)8-17-6-5-9-3-4-10(14)7-11(9)17/h3-7H,8,15H2,1-2H3,(H,16,18). The number of halogens is 1. The maximum Gasteiger partial charge on any atom is 0.241 e. The molecule has 2 aromatic rings. The maximum atomic E-state index is 11.7. The molecule has 96 valence electrons. The van der Waals surface area contributed by atoms with Gasteiger partial charge in [-0.2, -0.15) is 0 Å². The van der Waals surface area contributed by atoms with Crippen LogP contribution in [0.4, 0.5) is 0 Å². The number of rotatable bonds is 3. The number of carbonyl (C=O) groups is 1. The van der Waals surface area contributed by atoms with Crippen LogP contribution >= 0.6 is 15.9 Å². The molecular formula is C13H16BrN3O. The van der Waals surface area contributed by atoms with Crippen molar-refractivity contribution in [1.82, 2.24) is 9.99 Å². The number of hydrazine groups is 1. The molecule has 4 nitrogen and oxygen atoms in total. The summed E-state index contributed by atoms with van der Waals surface area (Å²) in [6, 6.07) is 8.14. The van der Waals surface area contributed by atoms with Crippen molar-refractivity contribution in [1.29, 1.82) is 0 Å². The van der Waals surface area contributed by atoms with Gasteiger partial charge >= 0.3 is 0 Å². The van der Waals surface area contributed by atoms with Crippen molar-refractivity contribution >= 4 is 32.7 Å². The predicted molar refractivity (Wildman–Crippen MR) is 75.7 cm³/mol. The van der Waals surface area contributed by atoms with Gasteiger partial charge in [0.1, 0.15) is 0 Å². The molecule has 0 aliphatic heterocycles. The molecule has 1 aromatic carbocycles. The molecule has 3 N–H and O–H groups in total. The van der Waals surface area contributed by atoms with E-state index in [9.17, 15) is 4.79 Å². The normalized spacial score (nSPS) is 11.8. The fourth-order valence-corrected chi connectivity index (χ4v) is 2.34. The summed E-state index contributed by atoms with van der Waals surface area (Å²) in [5, 5.41) is 1.15. The Morgan fingerprint density at radius 2 is 2.17 bits per heavy atom. The number of benzene rings is 1. The highest BCUT2D eigenvalue weighted by Gasteiger charge is 2.27. The molecule has 0 fully saturated rings. The number of fused-ring (bicyclic) bond motifs is 1.